The first-order chi connectivity index (χ1) is 9.84. The van der Waals surface area contributed by atoms with Crippen molar-refractivity contribution in [3.8, 4) is 0 Å². The molecule has 0 saturated carbocycles. The quantitative estimate of drug-likeness (QED) is 0.576. The van der Waals surface area contributed by atoms with Crippen molar-refractivity contribution in [3.05, 3.63) is 10.4 Å². The average Bonchev–Trinajstić information content (AvgIpc) is 3.30. The Labute approximate surface area is 133 Å². The molecule has 0 radical (unpaired) electrons. The molecule has 2 saturated heterocycles. The van der Waals surface area contributed by atoms with E-state index in [0.717, 1.165) is 32.0 Å². The number of anilines is 1. The maximum absolute atomic E-state index is 11.0. The van der Waals surface area contributed by atoms with Crippen LogP contribution in [0.3, 0.4) is 0 Å². The predicted molar refractivity (Wildman–Crippen MR) is 87.7 cm³/mol. The molecule has 9 heteroatoms. The van der Waals surface area contributed by atoms with Crippen LogP contribution in [0.25, 0.3) is 0 Å². The molecule has 0 amide bonds. The molecule has 2 aliphatic rings. The number of nitrogens with zero attached hydrogens (tertiary/aromatic N) is 4. The third-order valence-corrected chi connectivity index (χ3v) is 7.69. The average molecular weight is 380 g/mol. The van der Waals surface area contributed by atoms with E-state index in [-0.39, 0.29) is 12.0 Å². The number of halogens is 1. The van der Waals surface area contributed by atoms with Gasteiger partial charge in [-0.2, -0.15) is 0 Å². The van der Waals surface area contributed by atoms with Crippen LogP contribution in [0.2, 0.25) is 0 Å². The second-order valence-electron chi connectivity index (χ2n) is 6.04. The molecule has 0 aromatic carbocycles. The Bertz CT molecular complexity index is 532. The first kappa shape index (κ1) is 15.6. The molecular formula is C12H23BrN5O2P. The summed E-state index contributed by atoms with van der Waals surface area (Å²) in [6.07, 6.45) is -0.276. The monoisotopic (exact) mass is 379 g/mol. The normalized spacial score (nSPS) is 21.8. The van der Waals surface area contributed by atoms with Gasteiger partial charge in [0.25, 0.3) is 0 Å². The molecule has 0 aliphatic carbocycles. The fourth-order valence-corrected chi connectivity index (χ4v) is 5.67. The molecule has 0 spiro atoms. The summed E-state index contributed by atoms with van der Waals surface area (Å²) >= 11 is 3.36. The molecule has 0 bridgehead atoms. The zero-order valence-corrected chi connectivity index (χ0v) is 15.2. The molecule has 1 aromatic heterocycles. The SMILES string of the molecule is CC(C)C(O[PH](O)(N1CC1)N1CC1)c1nc(Br)c(N)n1C. The van der Waals surface area contributed by atoms with E-state index in [1.54, 1.807) is 0 Å². The number of nitrogens with two attached hydrogens (primary N) is 1. The minimum absolute atomic E-state index is 0.191. The van der Waals surface area contributed by atoms with Crippen LogP contribution in [0.4, 0.5) is 5.82 Å². The molecule has 3 heterocycles. The van der Waals surface area contributed by atoms with Gasteiger partial charge in [-0.15, -0.1) is 0 Å². The van der Waals surface area contributed by atoms with E-state index in [2.05, 4.69) is 44.1 Å². The fraction of sp³-hybridized carbons (Fsp3) is 0.750. The summed E-state index contributed by atoms with van der Waals surface area (Å²) in [5, 5.41) is 0. The molecule has 3 rings (SSSR count). The van der Waals surface area contributed by atoms with Gasteiger partial charge in [0.05, 0.1) is 0 Å². The molecule has 120 valence electrons. The fourth-order valence-electron chi connectivity index (χ4n) is 2.44. The zero-order valence-electron chi connectivity index (χ0n) is 12.6. The van der Waals surface area contributed by atoms with Gasteiger partial charge in [-0.25, -0.2) is 0 Å². The number of nitrogen functional groups attached to an aromatic ring is 1. The van der Waals surface area contributed by atoms with Crippen molar-refractivity contribution in [3.63, 3.8) is 0 Å². The molecule has 1 atom stereocenters. The van der Waals surface area contributed by atoms with E-state index >= 15 is 0 Å². The number of hydrogen-bond donors (Lipinski definition) is 2. The zero-order chi connectivity index (χ0) is 15.4. The summed E-state index contributed by atoms with van der Waals surface area (Å²) in [5.74, 6) is 1.52. The summed E-state index contributed by atoms with van der Waals surface area (Å²) in [5.41, 5.74) is 5.97. The Morgan fingerprint density at radius 3 is 2.14 bits per heavy atom. The summed E-state index contributed by atoms with van der Waals surface area (Å²) in [6.45, 7) is 7.80. The number of imidazole rings is 1. The molecule has 3 N–H and O–H groups in total. The third-order valence-electron chi connectivity index (χ3n) is 3.99. The van der Waals surface area contributed by atoms with E-state index in [0.29, 0.717) is 10.4 Å². The summed E-state index contributed by atoms with van der Waals surface area (Å²) in [7, 11) is -1.09. The van der Waals surface area contributed by atoms with Gasteiger partial charge >= 0.3 is 133 Å². The van der Waals surface area contributed by atoms with E-state index in [1.807, 2.05) is 11.6 Å². The first-order valence-electron chi connectivity index (χ1n) is 7.22. The number of hydrogen-bond acceptors (Lipinski definition) is 6. The first-order valence-corrected chi connectivity index (χ1v) is 9.76. The Morgan fingerprint density at radius 2 is 1.81 bits per heavy atom. The number of aromatic nitrogens is 2. The molecule has 1 aromatic rings. The van der Waals surface area contributed by atoms with Crippen LogP contribution >= 0.6 is 23.9 Å². The van der Waals surface area contributed by atoms with E-state index in [9.17, 15) is 4.89 Å². The molecule has 21 heavy (non-hydrogen) atoms. The van der Waals surface area contributed by atoms with E-state index < -0.39 is 8.02 Å². The van der Waals surface area contributed by atoms with Crippen LogP contribution in [-0.2, 0) is 11.6 Å². The van der Waals surface area contributed by atoms with Crippen LogP contribution in [0.5, 0.6) is 0 Å². The summed E-state index contributed by atoms with van der Waals surface area (Å²) in [6, 6.07) is 0. The maximum atomic E-state index is 11.0. The van der Waals surface area contributed by atoms with Crippen LogP contribution < -0.4 is 5.73 Å². The van der Waals surface area contributed by atoms with Crippen LogP contribution in [0.15, 0.2) is 4.60 Å². The molecule has 2 fully saturated rings. The van der Waals surface area contributed by atoms with Crippen molar-refractivity contribution >= 4 is 29.8 Å². The minimum atomic E-state index is -2.96. The van der Waals surface area contributed by atoms with Crippen molar-refractivity contribution in [1.82, 2.24) is 18.9 Å². The molecular weight excluding hydrogens is 357 g/mol. The standard InChI is InChI=1S/C12H23BrN5O2P/c1-8(2)9(12-15-10(13)11(14)16(12)3)20-21(19,17-4-5-17)18-6-7-18/h8-9,19,21H,4-7,14H2,1-3H3. The predicted octanol–water partition coefficient (Wildman–Crippen LogP) is 1.51. The van der Waals surface area contributed by atoms with Crippen LogP contribution in [0.1, 0.15) is 25.8 Å². The van der Waals surface area contributed by atoms with Gasteiger partial charge < -0.3 is 0 Å². The summed E-state index contributed by atoms with van der Waals surface area (Å²) < 4.78 is 12.8. The van der Waals surface area contributed by atoms with E-state index in [4.69, 9.17) is 10.3 Å². The van der Waals surface area contributed by atoms with Crippen LogP contribution in [0, 0.1) is 5.92 Å². The number of rotatable bonds is 6. The van der Waals surface area contributed by atoms with Gasteiger partial charge in [0, 0.05) is 0 Å². The summed E-state index contributed by atoms with van der Waals surface area (Å²) in [4.78, 5) is 15.5. The second-order valence-corrected chi connectivity index (χ2v) is 9.43. The van der Waals surface area contributed by atoms with E-state index in [1.165, 1.54) is 0 Å². The Morgan fingerprint density at radius 1 is 1.29 bits per heavy atom. The van der Waals surface area contributed by atoms with Crippen molar-refractivity contribution in [2.45, 2.75) is 20.0 Å². The Kier molecular flexibility index (Phi) is 4.05. The van der Waals surface area contributed by atoms with Gasteiger partial charge in [0.2, 0.25) is 0 Å². The second kappa shape index (κ2) is 5.44. The van der Waals surface area contributed by atoms with Crippen molar-refractivity contribution in [2.75, 3.05) is 31.9 Å². The van der Waals surface area contributed by atoms with Crippen molar-refractivity contribution in [1.29, 1.82) is 0 Å². The Hall–Kier alpha value is -0.240. The molecule has 2 aliphatic heterocycles. The topological polar surface area (TPSA) is 79.3 Å². The van der Waals surface area contributed by atoms with Gasteiger partial charge in [0.15, 0.2) is 0 Å². The van der Waals surface area contributed by atoms with Crippen LogP contribution in [-0.4, -0.2) is 50.0 Å². The van der Waals surface area contributed by atoms with Crippen molar-refractivity contribution in [2.24, 2.45) is 13.0 Å². The molecule has 1 unspecified atom stereocenters. The van der Waals surface area contributed by atoms with Gasteiger partial charge in [0.1, 0.15) is 0 Å². The van der Waals surface area contributed by atoms with Gasteiger partial charge in [-0.1, -0.05) is 0 Å². The third kappa shape index (κ3) is 2.85. The van der Waals surface area contributed by atoms with Gasteiger partial charge in [-0.05, 0) is 0 Å². The molecule has 7 nitrogen and oxygen atoms in total. The Balaban J connectivity index is 1.89. The van der Waals surface area contributed by atoms with Crippen molar-refractivity contribution < 1.29 is 9.42 Å². The van der Waals surface area contributed by atoms with Gasteiger partial charge in [-0.3, -0.25) is 0 Å².